The Morgan fingerprint density at radius 1 is 1.32 bits per heavy atom. The molecule has 0 spiro atoms. The van der Waals surface area contributed by atoms with Crippen molar-refractivity contribution in [2.75, 3.05) is 24.7 Å². The van der Waals surface area contributed by atoms with Crippen LogP contribution in [0.3, 0.4) is 0 Å². The summed E-state index contributed by atoms with van der Waals surface area (Å²) in [6.07, 6.45) is 5.42. The third-order valence-corrected chi connectivity index (χ3v) is 4.01. The summed E-state index contributed by atoms with van der Waals surface area (Å²) in [4.78, 5) is 37.5. The van der Waals surface area contributed by atoms with E-state index < -0.39 is 6.04 Å². The SMILES string of the molecule is C#CCNC(=O)CNC(=O)[C@H]1CSCN1C(=O)CC(C)(C)C. The first kappa shape index (κ1) is 18.4. The Labute approximate surface area is 135 Å². The molecule has 22 heavy (non-hydrogen) atoms. The van der Waals surface area contributed by atoms with Gasteiger partial charge < -0.3 is 15.5 Å². The molecule has 7 heteroatoms. The van der Waals surface area contributed by atoms with Crippen LogP contribution in [0.15, 0.2) is 0 Å². The quantitative estimate of drug-likeness (QED) is 0.707. The average molecular weight is 325 g/mol. The largest absolute Gasteiger partial charge is 0.345 e. The molecule has 0 saturated carbocycles. The molecule has 1 heterocycles. The van der Waals surface area contributed by atoms with Crippen molar-refractivity contribution < 1.29 is 14.4 Å². The molecule has 0 unspecified atom stereocenters. The van der Waals surface area contributed by atoms with Crippen LogP contribution < -0.4 is 10.6 Å². The number of thioether (sulfide) groups is 1. The van der Waals surface area contributed by atoms with Crippen LogP contribution in [0.1, 0.15) is 27.2 Å². The highest BCUT2D eigenvalue weighted by molar-refractivity contribution is 7.99. The molecule has 3 amide bonds. The van der Waals surface area contributed by atoms with Crippen molar-refractivity contribution in [3.63, 3.8) is 0 Å². The molecule has 0 aromatic carbocycles. The lowest BCUT2D eigenvalue weighted by Crippen LogP contribution is -2.49. The van der Waals surface area contributed by atoms with Crippen molar-refractivity contribution in [3.8, 4) is 12.3 Å². The van der Waals surface area contributed by atoms with E-state index in [0.29, 0.717) is 18.1 Å². The Balaban J connectivity index is 2.52. The van der Waals surface area contributed by atoms with Gasteiger partial charge >= 0.3 is 0 Å². The van der Waals surface area contributed by atoms with Crippen LogP contribution in [0.25, 0.3) is 0 Å². The zero-order chi connectivity index (χ0) is 16.8. The second kappa shape index (κ2) is 8.08. The average Bonchev–Trinajstić information content (AvgIpc) is 2.90. The van der Waals surface area contributed by atoms with E-state index in [-0.39, 0.29) is 36.2 Å². The number of hydrogen-bond acceptors (Lipinski definition) is 4. The van der Waals surface area contributed by atoms with Crippen LogP contribution in [0.2, 0.25) is 0 Å². The monoisotopic (exact) mass is 325 g/mol. The Bertz CT molecular complexity index is 479. The normalized spacial score (nSPS) is 17.7. The Morgan fingerprint density at radius 3 is 2.59 bits per heavy atom. The smallest absolute Gasteiger partial charge is 0.244 e. The summed E-state index contributed by atoms with van der Waals surface area (Å²) in [5.41, 5.74) is -0.125. The minimum atomic E-state index is -0.514. The van der Waals surface area contributed by atoms with Gasteiger partial charge in [-0.05, 0) is 5.41 Å². The first-order valence-electron chi connectivity index (χ1n) is 7.09. The van der Waals surface area contributed by atoms with Crippen LogP contribution in [0.4, 0.5) is 0 Å². The van der Waals surface area contributed by atoms with E-state index in [9.17, 15) is 14.4 Å². The zero-order valence-corrected chi connectivity index (χ0v) is 14.1. The number of nitrogens with zero attached hydrogens (tertiary/aromatic N) is 1. The summed E-state index contributed by atoms with van der Waals surface area (Å²) in [6, 6.07) is -0.514. The molecule has 1 saturated heterocycles. The molecule has 0 aromatic heterocycles. The summed E-state index contributed by atoms with van der Waals surface area (Å²) >= 11 is 1.54. The van der Waals surface area contributed by atoms with E-state index in [1.807, 2.05) is 20.8 Å². The van der Waals surface area contributed by atoms with E-state index in [1.165, 1.54) is 11.8 Å². The Morgan fingerprint density at radius 2 is 2.00 bits per heavy atom. The van der Waals surface area contributed by atoms with Crippen LogP contribution in [0.5, 0.6) is 0 Å². The predicted molar refractivity (Wildman–Crippen MR) is 86.9 cm³/mol. The van der Waals surface area contributed by atoms with Gasteiger partial charge in [-0.25, -0.2) is 0 Å². The molecule has 1 atom stereocenters. The lowest BCUT2D eigenvalue weighted by molar-refractivity contribution is -0.139. The van der Waals surface area contributed by atoms with E-state index in [1.54, 1.807) is 4.90 Å². The van der Waals surface area contributed by atoms with Crippen LogP contribution in [0, 0.1) is 17.8 Å². The van der Waals surface area contributed by atoms with Crippen molar-refractivity contribution >= 4 is 29.5 Å². The van der Waals surface area contributed by atoms with Gasteiger partial charge in [-0.15, -0.1) is 18.2 Å². The maximum Gasteiger partial charge on any atom is 0.244 e. The standard InChI is InChI=1S/C15H23N3O3S/c1-5-6-16-12(19)8-17-14(21)11-9-22-10-18(11)13(20)7-15(2,3)4/h1,11H,6-10H2,2-4H3,(H,16,19)(H,17,21)/t11-/m1/s1. The molecule has 2 N–H and O–H groups in total. The van der Waals surface area contributed by atoms with Crippen LogP contribution in [-0.2, 0) is 14.4 Å². The molecular weight excluding hydrogens is 302 g/mol. The molecular formula is C15H23N3O3S. The van der Waals surface area contributed by atoms with Crippen molar-refractivity contribution in [1.82, 2.24) is 15.5 Å². The molecule has 0 bridgehead atoms. The van der Waals surface area contributed by atoms with Gasteiger partial charge in [0.25, 0.3) is 0 Å². The fourth-order valence-corrected chi connectivity index (χ4v) is 3.14. The van der Waals surface area contributed by atoms with E-state index in [4.69, 9.17) is 6.42 Å². The molecule has 0 aliphatic carbocycles. The molecule has 1 aliphatic rings. The number of carbonyl (C=O) groups excluding carboxylic acids is 3. The number of amides is 3. The second-order valence-electron chi connectivity index (χ2n) is 6.32. The van der Waals surface area contributed by atoms with E-state index >= 15 is 0 Å². The maximum atomic E-state index is 12.3. The highest BCUT2D eigenvalue weighted by atomic mass is 32.2. The minimum absolute atomic E-state index is 0.0329. The first-order valence-corrected chi connectivity index (χ1v) is 8.25. The summed E-state index contributed by atoms with van der Waals surface area (Å²) in [7, 11) is 0. The molecule has 122 valence electrons. The van der Waals surface area contributed by atoms with Gasteiger partial charge in [0.15, 0.2) is 0 Å². The van der Waals surface area contributed by atoms with Gasteiger partial charge in [0.2, 0.25) is 17.7 Å². The lowest BCUT2D eigenvalue weighted by atomic mass is 9.91. The summed E-state index contributed by atoms with van der Waals surface area (Å²) in [5.74, 6) is 2.67. The van der Waals surface area contributed by atoms with Crippen molar-refractivity contribution in [1.29, 1.82) is 0 Å². The van der Waals surface area contributed by atoms with Crippen molar-refractivity contribution in [2.24, 2.45) is 5.41 Å². The molecule has 1 fully saturated rings. The highest BCUT2D eigenvalue weighted by Gasteiger charge is 2.35. The molecule has 0 aromatic rings. The molecule has 1 aliphatic heterocycles. The van der Waals surface area contributed by atoms with Gasteiger partial charge in [0.1, 0.15) is 6.04 Å². The number of nitrogens with one attached hydrogen (secondary N) is 2. The third-order valence-electron chi connectivity index (χ3n) is 3.00. The zero-order valence-electron chi connectivity index (χ0n) is 13.3. The van der Waals surface area contributed by atoms with Gasteiger partial charge in [-0.1, -0.05) is 26.7 Å². The van der Waals surface area contributed by atoms with E-state index in [0.717, 1.165) is 0 Å². The van der Waals surface area contributed by atoms with Gasteiger partial charge in [0.05, 0.1) is 19.0 Å². The number of terminal acetylenes is 1. The molecule has 0 radical (unpaired) electrons. The molecule has 1 rings (SSSR count). The molecule has 6 nitrogen and oxygen atoms in total. The van der Waals surface area contributed by atoms with Gasteiger partial charge in [-0.3, -0.25) is 14.4 Å². The number of rotatable bonds is 5. The predicted octanol–water partition coefficient (Wildman–Crippen LogP) is 0.190. The number of carbonyl (C=O) groups is 3. The van der Waals surface area contributed by atoms with Crippen molar-refractivity contribution in [3.05, 3.63) is 0 Å². The maximum absolute atomic E-state index is 12.3. The summed E-state index contributed by atoms with van der Waals surface area (Å²) < 4.78 is 0. The van der Waals surface area contributed by atoms with Crippen LogP contribution in [-0.4, -0.2) is 53.4 Å². The fourth-order valence-electron chi connectivity index (χ4n) is 1.96. The fraction of sp³-hybridized carbons (Fsp3) is 0.667. The number of hydrogen-bond donors (Lipinski definition) is 2. The second-order valence-corrected chi connectivity index (χ2v) is 7.32. The summed E-state index contributed by atoms with van der Waals surface area (Å²) in [6.45, 7) is 5.95. The third kappa shape index (κ3) is 5.98. The Kier molecular flexibility index (Phi) is 6.75. The van der Waals surface area contributed by atoms with E-state index in [2.05, 4.69) is 16.6 Å². The van der Waals surface area contributed by atoms with Gasteiger partial charge in [0, 0.05) is 12.2 Å². The van der Waals surface area contributed by atoms with Crippen molar-refractivity contribution in [2.45, 2.75) is 33.2 Å². The highest BCUT2D eigenvalue weighted by Crippen LogP contribution is 2.26. The minimum Gasteiger partial charge on any atom is -0.345 e. The topological polar surface area (TPSA) is 78.5 Å². The lowest BCUT2D eigenvalue weighted by Gasteiger charge is -2.26. The van der Waals surface area contributed by atoms with Gasteiger partial charge in [-0.2, -0.15) is 0 Å². The van der Waals surface area contributed by atoms with Crippen LogP contribution >= 0.6 is 11.8 Å². The first-order chi connectivity index (χ1) is 10.2. The Hall–Kier alpha value is -1.68. The summed E-state index contributed by atoms with van der Waals surface area (Å²) in [5, 5.41) is 5.02.